The molecule has 0 bridgehead atoms. The molecule has 0 unspecified atom stereocenters. The van der Waals surface area contributed by atoms with Crippen molar-refractivity contribution in [2.45, 2.75) is 25.6 Å². The summed E-state index contributed by atoms with van der Waals surface area (Å²) in [5, 5.41) is 3.70. The number of hydrogen-bond donors (Lipinski definition) is 2. The Labute approximate surface area is 213 Å². The van der Waals surface area contributed by atoms with Crippen LogP contribution in [0.4, 0.5) is 24.7 Å². The first kappa shape index (κ1) is 25.6. The maximum absolute atomic E-state index is 12.9. The van der Waals surface area contributed by atoms with Crippen molar-refractivity contribution in [2.75, 3.05) is 18.2 Å². The number of rotatable bonds is 6. The molecule has 0 saturated carbocycles. The highest BCUT2D eigenvalue weighted by atomic mass is 35.5. The Balaban J connectivity index is 1.66. The molecule has 4 aromatic rings. The van der Waals surface area contributed by atoms with E-state index in [0.717, 1.165) is 16.2 Å². The summed E-state index contributed by atoms with van der Waals surface area (Å²) in [7, 11) is 1.35. The molecule has 6 nitrogen and oxygen atoms in total. The second kappa shape index (κ2) is 9.51. The second-order valence-electron chi connectivity index (χ2n) is 8.50. The number of anilines is 2. The van der Waals surface area contributed by atoms with Crippen LogP contribution in [0.15, 0.2) is 54.6 Å². The summed E-state index contributed by atoms with van der Waals surface area (Å²) in [6, 6.07) is 14.4. The van der Waals surface area contributed by atoms with Crippen molar-refractivity contribution in [3.8, 4) is 11.5 Å². The third-order valence-corrected chi connectivity index (χ3v) is 6.90. The van der Waals surface area contributed by atoms with Gasteiger partial charge < -0.3 is 20.5 Å². The molecule has 0 aliphatic heterocycles. The number of aromatic nitrogens is 1. The number of nitrogens with one attached hydrogen (secondary N) is 1. The molecule has 2 aromatic carbocycles. The van der Waals surface area contributed by atoms with Crippen molar-refractivity contribution < 1.29 is 27.4 Å². The molecule has 0 aliphatic carbocycles. The van der Waals surface area contributed by atoms with Gasteiger partial charge in [-0.2, -0.15) is 0 Å². The molecule has 0 spiro atoms. The number of carbonyl (C=O) groups is 1. The summed E-state index contributed by atoms with van der Waals surface area (Å²) in [4.78, 5) is 17.6. The number of nitrogens with two attached hydrogens (primary N) is 1. The lowest BCUT2D eigenvalue weighted by atomic mass is 9.78. The van der Waals surface area contributed by atoms with Crippen LogP contribution < -0.4 is 20.5 Å². The van der Waals surface area contributed by atoms with E-state index in [9.17, 15) is 18.0 Å². The molecule has 1 amide bonds. The van der Waals surface area contributed by atoms with Crippen LogP contribution in [0.2, 0.25) is 5.15 Å². The highest BCUT2D eigenvalue weighted by Gasteiger charge is 2.33. The van der Waals surface area contributed by atoms with Gasteiger partial charge in [0.25, 0.3) is 5.91 Å². The zero-order chi connectivity index (χ0) is 26.3. The van der Waals surface area contributed by atoms with Crippen LogP contribution in [0.1, 0.15) is 34.6 Å². The molecule has 0 aliphatic rings. The molecule has 4 rings (SSSR count). The van der Waals surface area contributed by atoms with Gasteiger partial charge in [-0.25, -0.2) is 4.98 Å². The standard InChI is InChI=1S/C25H21ClF3N3O3S/c1-24(2,14-8-17(34-3)12-18(9-14)35-25(27,28)29)15-10-21(26)31-22(11-15)32-23(33)20-7-13-6-16(30)4-5-19(13)36-20/h4-12H,30H2,1-3H3,(H,31,32,33). The number of methoxy groups -OCH3 is 1. The van der Waals surface area contributed by atoms with E-state index in [4.69, 9.17) is 22.1 Å². The van der Waals surface area contributed by atoms with Crippen molar-refractivity contribution in [3.63, 3.8) is 0 Å². The highest BCUT2D eigenvalue weighted by molar-refractivity contribution is 7.20. The lowest BCUT2D eigenvalue weighted by Gasteiger charge is -2.27. The topological polar surface area (TPSA) is 86.5 Å². The smallest absolute Gasteiger partial charge is 0.497 e. The minimum Gasteiger partial charge on any atom is -0.497 e. The van der Waals surface area contributed by atoms with E-state index in [1.54, 1.807) is 50.2 Å². The molecule has 11 heteroatoms. The number of pyridine rings is 1. The SMILES string of the molecule is COc1cc(OC(F)(F)F)cc(C(C)(C)c2cc(Cl)nc(NC(=O)c3cc4cc(N)ccc4s3)c2)c1. The Bertz CT molecular complexity index is 1450. The first-order valence-electron chi connectivity index (χ1n) is 10.6. The number of nitrogen functional groups attached to an aromatic ring is 1. The van der Waals surface area contributed by atoms with Crippen LogP contribution in [0.3, 0.4) is 0 Å². The molecule has 2 aromatic heterocycles. The third kappa shape index (κ3) is 5.66. The Morgan fingerprint density at radius 2 is 1.72 bits per heavy atom. The number of carbonyl (C=O) groups excluding carboxylic acids is 1. The molecule has 0 saturated heterocycles. The van der Waals surface area contributed by atoms with Gasteiger partial charge in [-0.1, -0.05) is 25.4 Å². The lowest BCUT2D eigenvalue weighted by Crippen LogP contribution is -2.22. The second-order valence-corrected chi connectivity index (χ2v) is 9.97. The third-order valence-electron chi connectivity index (χ3n) is 5.59. The Morgan fingerprint density at radius 3 is 2.42 bits per heavy atom. The summed E-state index contributed by atoms with van der Waals surface area (Å²) in [6.45, 7) is 3.60. The zero-order valence-corrected chi connectivity index (χ0v) is 20.9. The quantitative estimate of drug-likeness (QED) is 0.205. The van der Waals surface area contributed by atoms with Gasteiger partial charge in [-0.3, -0.25) is 4.79 Å². The summed E-state index contributed by atoms with van der Waals surface area (Å²) in [6.07, 6.45) is -4.86. The Kier molecular flexibility index (Phi) is 6.76. The van der Waals surface area contributed by atoms with Crippen LogP contribution in [0, 0.1) is 0 Å². The van der Waals surface area contributed by atoms with Crippen LogP contribution in [0.5, 0.6) is 11.5 Å². The summed E-state index contributed by atoms with van der Waals surface area (Å²) >= 11 is 7.57. The minimum absolute atomic E-state index is 0.106. The fraction of sp³-hybridized carbons (Fsp3) is 0.200. The fourth-order valence-electron chi connectivity index (χ4n) is 3.68. The van der Waals surface area contributed by atoms with Gasteiger partial charge in [0, 0.05) is 21.9 Å². The molecule has 0 atom stereocenters. The number of thiophene rings is 1. The van der Waals surface area contributed by atoms with E-state index < -0.39 is 17.5 Å². The van der Waals surface area contributed by atoms with E-state index in [0.29, 0.717) is 21.7 Å². The highest BCUT2D eigenvalue weighted by Crippen LogP contribution is 2.39. The summed E-state index contributed by atoms with van der Waals surface area (Å²) < 4.78 is 48.7. The molecular formula is C25H21ClF3N3O3S. The first-order chi connectivity index (χ1) is 16.8. The summed E-state index contributed by atoms with van der Waals surface area (Å²) in [5.41, 5.74) is 6.63. The van der Waals surface area contributed by atoms with E-state index in [2.05, 4.69) is 15.0 Å². The predicted molar refractivity (Wildman–Crippen MR) is 135 cm³/mol. The molecule has 2 heterocycles. The average molecular weight is 536 g/mol. The Morgan fingerprint density at radius 1 is 1.03 bits per heavy atom. The van der Waals surface area contributed by atoms with Crippen molar-refractivity contribution in [1.82, 2.24) is 4.98 Å². The fourth-order valence-corrected chi connectivity index (χ4v) is 4.83. The average Bonchev–Trinajstić information content (AvgIpc) is 3.20. The Hall–Kier alpha value is -3.50. The minimum atomic E-state index is -4.86. The molecule has 188 valence electrons. The van der Waals surface area contributed by atoms with E-state index in [1.165, 1.54) is 24.5 Å². The number of fused-ring (bicyclic) bond motifs is 1. The number of alkyl halides is 3. The van der Waals surface area contributed by atoms with Gasteiger partial charge in [0.05, 0.1) is 12.0 Å². The number of amides is 1. The van der Waals surface area contributed by atoms with Crippen LogP contribution in [0.25, 0.3) is 10.1 Å². The lowest BCUT2D eigenvalue weighted by molar-refractivity contribution is -0.274. The van der Waals surface area contributed by atoms with Crippen molar-refractivity contribution >= 4 is 50.4 Å². The zero-order valence-electron chi connectivity index (χ0n) is 19.4. The first-order valence-corrected chi connectivity index (χ1v) is 11.8. The number of benzene rings is 2. The van der Waals surface area contributed by atoms with Gasteiger partial charge in [-0.15, -0.1) is 24.5 Å². The molecule has 3 N–H and O–H groups in total. The maximum atomic E-state index is 12.9. The molecule has 36 heavy (non-hydrogen) atoms. The van der Waals surface area contributed by atoms with Gasteiger partial charge in [-0.05, 0) is 65.0 Å². The van der Waals surface area contributed by atoms with Crippen LogP contribution >= 0.6 is 22.9 Å². The molecular weight excluding hydrogens is 515 g/mol. The number of halogens is 4. The van der Waals surface area contributed by atoms with Gasteiger partial charge >= 0.3 is 6.36 Å². The van der Waals surface area contributed by atoms with E-state index in [1.807, 2.05) is 6.07 Å². The number of nitrogens with zero attached hydrogens (tertiary/aromatic N) is 1. The normalized spacial score (nSPS) is 12.0. The van der Waals surface area contributed by atoms with Gasteiger partial charge in [0.2, 0.25) is 0 Å². The predicted octanol–water partition coefficient (Wildman–Crippen LogP) is 7.02. The van der Waals surface area contributed by atoms with Crippen molar-refractivity contribution in [3.05, 3.63) is 75.8 Å². The monoisotopic (exact) mass is 535 g/mol. The van der Waals surface area contributed by atoms with Gasteiger partial charge in [0.15, 0.2) is 0 Å². The largest absolute Gasteiger partial charge is 0.573 e. The van der Waals surface area contributed by atoms with Crippen molar-refractivity contribution in [1.29, 1.82) is 0 Å². The van der Waals surface area contributed by atoms with Crippen LogP contribution in [-0.2, 0) is 5.41 Å². The maximum Gasteiger partial charge on any atom is 0.573 e. The number of hydrogen-bond acceptors (Lipinski definition) is 6. The summed E-state index contributed by atoms with van der Waals surface area (Å²) in [5.74, 6) is -0.402. The van der Waals surface area contributed by atoms with Gasteiger partial charge in [0.1, 0.15) is 22.5 Å². The van der Waals surface area contributed by atoms with E-state index in [-0.39, 0.29) is 22.6 Å². The molecule has 0 fully saturated rings. The molecule has 0 radical (unpaired) electrons. The number of ether oxygens (including phenoxy) is 2. The van der Waals surface area contributed by atoms with E-state index >= 15 is 0 Å². The van der Waals surface area contributed by atoms with Crippen molar-refractivity contribution in [2.24, 2.45) is 0 Å². The van der Waals surface area contributed by atoms with Crippen LogP contribution in [-0.4, -0.2) is 24.4 Å².